The number of carbonyl (C=O) groups excluding carboxylic acids is 1. The van der Waals surface area contributed by atoms with Gasteiger partial charge in [-0.2, -0.15) is 0 Å². The first-order chi connectivity index (χ1) is 8.63. The maximum Gasteiger partial charge on any atom is 0.372 e. The Hall–Kier alpha value is -1.68. The van der Waals surface area contributed by atoms with E-state index in [9.17, 15) is 4.79 Å². The number of ether oxygens (including phenoxy) is 2. The number of rotatable bonds is 5. The fourth-order valence-electron chi connectivity index (χ4n) is 1.98. The van der Waals surface area contributed by atoms with Crippen molar-refractivity contribution in [2.75, 3.05) is 7.11 Å². The highest BCUT2D eigenvalue weighted by Crippen LogP contribution is 2.29. The Morgan fingerprint density at radius 1 is 1.67 bits per heavy atom. The lowest BCUT2D eigenvalue weighted by Crippen LogP contribution is -2.35. The summed E-state index contributed by atoms with van der Waals surface area (Å²) < 4.78 is 10.3. The number of methoxy groups -OCH3 is 1. The molecule has 3 atom stereocenters. The molecule has 0 spiro atoms. The molecule has 0 bridgehead atoms. The summed E-state index contributed by atoms with van der Waals surface area (Å²) in [6, 6.07) is -0.361. The van der Waals surface area contributed by atoms with Crippen LogP contribution in [0.25, 0.3) is 10.4 Å². The highest BCUT2D eigenvalue weighted by atomic mass is 16.6. The van der Waals surface area contributed by atoms with Crippen molar-refractivity contribution in [3.05, 3.63) is 22.3 Å². The SMILES string of the molecule is CCCCC1OC(C(=O)OC)=CC(N=[N+]=[N-])C1C. The summed E-state index contributed by atoms with van der Waals surface area (Å²) in [5.41, 5.74) is 8.55. The number of nitrogens with zero attached hydrogens (tertiary/aromatic N) is 3. The Bertz CT molecular complexity index is 375. The third-order valence-corrected chi connectivity index (χ3v) is 3.14. The molecule has 100 valence electrons. The first kappa shape index (κ1) is 14.4. The van der Waals surface area contributed by atoms with Gasteiger partial charge in [-0.1, -0.05) is 31.8 Å². The summed E-state index contributed by atoms with van der Waals surface area (Å²) in [4.78, 5) is 14.3. The van der Waals surface area contributed by atoms with E-state index in [1.54, 1.807) is 6.08 Å². The second-order valence-electron chi connectivity index (χ2n) is 4.38. The molecular formula is C12H19N3O3. The first-order valence-corrected chi connectivity index (χ1v) is 6.15. The van der Waals surface area contributed by atoms with Gasteiger partial charge in [0.15, 0.2) is 0 Å². The van der Waals surface area contributed by atoms with Crippen molar-refractivity contribution in [1.29, 1.82) is 0 Å². The maximum absolute atomic E-state index is 11.5. The fourth-order valence-corrected chi connectivity index (χ4v) is 1.98. The molecule has 0 aromatic rings. The van der Waals surface area contributed by atoms with E-state index in [0.29, 0.717) is 0 Å². The molecule has 6 heteroatoms. The molecule has 0 N–H and O–H groups in total. The van der Waals surface area contributed by atoms with E-state index in [0.717, 1.165) is 19.3 Å². The molecule has 18 heavy (non-hydrogen) atoms. The van der Waals surface area contributed by atoms with Gasteiger partial charge in [0, 0.05) is 10.8 Å². The normalized spacial score (nSPS) is 26.6. The van der Waals surface area contributed by atoms with Crippen LogP contribution in [0.15, 0.2) is 16.9 Å². The van der Waals surface area contributed by atoms with Crippen molar-refractivity contribution >= 4 is 5.97 Å². The Morgan fingerprint density at radius 3 is 2.94 bits per heavy atom. The molecule has 0 fully saturated rings. The van der Waals surface area contributed by atoms with Gasteiger partial charge in [-0.25, -0.2) is 4.79 Å². The largest absolute Gasteiger partial charge is 0.483 e. The third kappa shape index (κ3) is 3.40. The van der Waals surface area contributed by atoms with Gasteiger partial charge in [-0.05, 0) is 18.0 Å². The zero-order valence-corrected chi connectivity index (χ0v) is 11.0. The van der Waals surface area contributed by atoms with E-state index in [-0.39, 0.29) is 23.8 Å². The highest BCUT2D eigenvalue weighted by Gasteiger charge is 2.33. The van der Waals surface area contributed by atoms with Gasteiger partial charge >= 0.3 is 5.97 Å². The molecule has 0 amide bonds. The predicted octanol–water partition coefficient (Wildman–Crippen LogP) is 2.95. The van der Waals surface area contributed by atoms with Gasteiger partial charge in [-0.3, -0.25) is 0 Å². The van der Waals surface area contributed by atoms with Crippen LogP contribution in [0, 0.1) is 5.92 Å². The maximum atomic E-state index is 11.5. The topological polar surface area (TPSA) is 84.3 Å². The zero-order valence-electron chi connectivity index (χ0n) is 11.0. The average molecular weight is 253 g/mol. The quantitative estimate of drug-likeness (QED) is 0.327. The summed E-state index contributed by atoms with van der Waals surface area (Å²) in [5, 5.41) is 3.71. The van der Waals surface area contributed by atoms with E-state index in [4.69, 9.17) is 10.3 Å². The molecule has 1 heterocycles. The number of hydrogen-bond donors (Lipinski definition) is 0. The van der Waals surface area contributed by atoms with Crippen LogP contribution >= 0.6 is 0 Å². The molecule has 1 rings (SSSR count). The van der Waals surface area contributed by atoms with Crippen LogP contribution < -0.4 is 0 Å². The van der Waals surface area contributed by atoms with Gasteiger partial charge in [0.2, 0.25) is 5.76 Å². The Morgan fingerprint density at radius 2 is 2.39 bits per heavy atom. The molecule has 1 aliphatic heterocycles. The Balaban J connectivity index is 2.89. The van der Waals surface area contributed by atoms with Crippen molar-refractivity contribution in [3.63, 3.8) is 0 Å². The molecule has 6 nitrogen and oxygen atoms in total. The molecule has 0 aromatic carbocycles. The Kier molecular flexibility index (Phi) is 5.52. The molecule has 0 saturated heterocycles. The lowest BCUT2D eigenvalue weighted by Gasteiger charge is -2.32. The fraction of sp³-hybridized carbons (Fsp3) is 0.750. The highest BCUT2D eigenvalue weighted by molar-refractivity contribution is 5.86. The van der Waals surface area contributed by atoms with E-state index < -0.39 is 5.97 Å². The lowest BCUT2D eigenvalue weighted by atomic mass is 9.90. The van der Waals surface area contributed by atoms with Gasteiger partial charge in [-0.15, -0.1) is 0 Å². The van der Waals surface area contributed by atoms with E-state index >= 15 is 0 Å². The van der Waals surface area contributed by atoms with Crippen LogP contribution in [0.2, 0.25) is 0 Å². The summed E-state index contributed by atoms with van der Waals surface area (Å²) in [6.45, 7) is 4.06. The van der Waals surface area contributed by atoms with Crippen LogP contribution in [0.4, 0.5) is 0 Å². The lowest BCUT2D eigenvalue weighted by molar-refractivity contribution is -0.142. The van der Waals surface area contributed by atoms with Crippen molar-refractivity contribution in [3.8, 4) is 0 Å². The van der Waals surface area contributed by atoms with Crippen molar-refractivity contribution in [1.82, 2.24) is 0 Å². The second-order valence-corrected chi connectivity index (χ2v) is 4.38. The summed E-state index contributed by atoms with van der Waals surface area (Å²) in [5.74, 6) is -0.323. The second kappa shape index (κ2) is 6.91. The predicted molar refractivity (Wildman–Crippen MR) is 66.6 cm³/mol. The molecule has 0 saturated carbocycles. The average Bonchev–Trinajstić information content (AvgIpc) is 2.39. The van der Waals surface area contributed by atoms with Crippen LogP contribution in [0.5, 0.6) is 0 Å². The summed E-state index contributed by atoms with van der Waals surface area (Å²) in [7, 11) is 1.30. The molecular weight excluding hydrogens is 234 g/mol. The van der Waals surface area contributed by atoms with Crippen molar-refractivity contribution in [2.24, 2.45) is 11.0 Å². The summed E-state index contributed by atoms with van der Waals surface area (Å²) in [6.07, 6.45) is 4.32. The van der Waals surface area contributed by atoms with Gasteiger partial charge < -0.3 is 9.47 Å². The van der Waals surface area contributed by atoms with Crippen LogP contribution in [-0.4, -0.2) is 25.2 Å². The first-order valence-electron chi connectivity index (χ1n) is 6.15. The minimum Gasteiger partial charge on any atom is -0.483 e. The van der Waals surface area contributed by atoms with Crippen molar-refractivity contribution < 1.29 is 14.3 Å². The van der Waals surface area contributed by atoms with Gasteiger partial charge in [0.25, 0.3) is 0 Å². The molecule has 0 radical (unpaired) electrons. The Labute approximate surface area is 107 Å². The zero-order chi connectivity index (χ0) is 13.5. The standard InChI is InChI=1S/C12H19N3O3/c1-4-5-6-10-8(2)9(14-15-13)7-11(18-10)12(16)17-3/h7-10H,4-6H2,1-3H3. The van der Waals surface area contributed by atoms with Crippen LogP contribution in [0.1, 0.15) is 33.1 Å². The summed E-state index contributed by atoms with van der Waals surface area (Å²) >= 11 is 0. The number of esters is 1. The number of unbranched alkanes of at least 4 members (excludes halogenated alkanes) is 1. The van der Waals surface area contributed by atoms with Gasteiger partial charge in [0.1, 0.15) is 6.10 Å². The monoisotopic (exact) mass is 253 g/mol. The van der Waals surface area contributed by atoms with Gasteiger partial charge in [0.05, 0.1) is 13.2 Å². The van der Waals surface area contributed by atoms with E-state index in [2.05, 4.69) is 21.7 Å². The van der Waals surface area contributed by atoms with E-state index in [1.807, 2.05) is 6.92 Å². The molecule has 1 aliphatic rings. The van der Waals surface area contributed by atoms with E-state index in [1.165, 1.54) is 7.11 Å². The minimum absolute atomic E-state index is 0.0563. The number of carbonyl (C=O) groups is 1. The number of hydrogen-bond acceptors (Lipinski definition) is 4. The van der Waals surface area contributed by atoms with Crippen molar-refractivity contribution in [2.45, 2.75) is 45.3 Å². The smallest absolute Gasteiger partial charge is 0.372 e. The number of azide groups is 1. The molecule has 3 unspecified atom stereocenters. The third-order valence-electron chi connectivity index (χ3n) is 3.14. The molecule has 0 aliphatic carbocycles. The van der Waals surface area contributed by atoms with Crippen LogP contribution in [-0.2, 0) is 14.3 Å². The van der Waals surface area contributed by atoms with Crippen LogP contribution in [0.3, 0.4) is 0 Å². The molecule has 0 aromatic heterocycles. The minimum atomic E-state index is -0.526.